The fourth-order valence-corrected chi connectivity index (χ4v) is 3.11. The SMILES string of the molecule is CCC(CCS(=O)c1cccc(F)c1)CC(C)=O. The Labute approximate surface area is 110 Å². The summed E-state index contributed by atoms with van der Waals surface area (Å²) in [5.74, 6) is 0.560. The number of benzene rings is 1. The Hall–Kier alpha value is -1.03. The third kappa shape index (κ3) is 5.08. The van der Waals surface area contributed by atoms with Crippen LogP contribution in [0.1, 0.15) is 33.1 Å². The minimum Gasteiger partial charge on any atom is -0.300 e. The molecule has 0 aromatic heterocycles. The Morgan fingerprint density at radius 2 is 2.17 bits per heavy atom. The first-order chi connectivity index (χ1) is 8.52. The molecule has 0 fully saturated rings. The normalized spacial score (nSPS) is 14.2. The number of Topliss-reactive ketones (excluding diaryl/α,β-unsaturated/α-hetero) is 1. The molecule has 2 atom stereocenters. The summed E-state index contributed by atoms with van der Waals surface area (Å²) in [6.45, 7) is 3.60. The lowest BCUT2D eigenvalue weighted by atomic mass is 9.97. The van der Waals surface area contributed by atoms with Gasteiger partial charge in [0.05, 0.1) is 10.8 Å². The molecule has 1 rings (SSSR count). The van der Waals surface area contributed by atoms with Gasteiger partial charge in [-0.3, -0.25) is 4.21 Å². The zero-order valence-corrected chi connectivity index (χ0v) is 11.6. The highest BCUT2D eigenvalue weighted by Crippen LogP contribution is 2.17. The van der Waals surface area contributed by atoms with Crippen LogP contribution in [0.3, 0.4) is 0 Å². The molecule has 2 unspecified atom stereocenters. The van der Waals surface area contributed by atoms with Crippen LogP contribution in [0.25, 0.3) is 0 Å². The number of carbonyl (C=O) groups excluding carboxylic acids is 1. The monoisotopic (exact) mass is 270 g/mol. The van der Waals surface area contributed by atoms with Crippen molar-refractivity contribution in [2.75, 3.05) is 5.75 Å². The van der Waals surface area contributed by atoms with E-state index in [1.807, 2.05) is 6.92 Å². The third-order valence-corrected chi connectivity index (χ3v) is 4.31. The number of carbonyl (C=O) groups is 1. The molecular formula is C14H19FO2S. The average molecular weight is 270 g/mol. The number of ketones is 1. The van der Waals surface area contributed by atoms with Crippen molar-refractivity contribution in [1.29, 1.82) is 0 Å². The highest BCUT2D eigenvalue weighted by atomic mass is 32.2. The average Bonchev–Trinajstić information content (AvgIpc) is 2.33. The third-order valence-electron chi connectivity index (χ3n) is 2.92. The van der Waals surface area contributed by atoms with Gasteiger partial charge in [0.2, 0.25) is 0 Å². The lowest BCUT2D eigenvalue weighted by Gasteiger charge is -2.12. The summed E-state index contributed by atoms with van der Waals surface area (Å²) in [5, 5.41) is 0. The molecule has 4 heteroatoms. The summed E-state index contributed by atoms with van der Waals surface area (Å²) in [5.41, 5.74) is 0. The number of hydrogen-bond donors (Lipinski definition) is 0. The van der Waals surface area contributed by atoms with Crippen LogP contribution in [0.15, 0.2) is 29.2 Å². The Morgan fingerprint density at radius 1 is 1.44 bits per heavy atom. The van der Waals surface area contributed by atoms with E-state index in [1.54, 1.807) is 19.1 Å². The van der Waals surface area contributed by atoms with E-state index >= 15 is 0 Å². The van der Waals surface area contributed by atoms with E-state index in [4.69, 9.17) is 0 Å². The van der Waals surface area contributed by atoms with Gasteiger partial charge in [-0.2, -0.15) is 0 Å². The number of halogens is 1. The molecule has 100 valence electrons. The summed E-state index contributed by atoms with van der Waals surface area (Å²) in [4.78, 5) is 11.6. The van der Waals surface area contributed by atoms with Crippen molar-refractivity contribution < 1.29 is 13.4 Å². The molecule has 0 saturated heterocycles. The van der Waals surface area contributed by atoms with Crippen LogP contribution >= 0.6 is 0 Å². The van der Waals surface area contributed by atoms with Crippen molar-refractivity contribution in [1.82, 2.24) is 0 Å². The molecule has 0 bridgehead atoms. The van der Waals surface area contributed by atoms with Gasteiger partial charge in [0, 0.05) is 17.1 Å². The molecule has 0 heterocycles. The predicted octanol–water partition coefficient (Wildman–Crippen LogP) is 3.33. The lowest BCUT2D eigenvalue weighted by Crippen LogP contribution is -2.09. The maximum Gasteiger partial charge on any atom is 0.130 e. The zero-order valence-electron chi connectivity index (χ0n) is 10.8. The smallest absolute Gasteiger partial charge is 0.130 e. The van der Waals surface area contributed by atoms with Gasteiger partial charge in [-0.15, -0.1) is 0 Å². The van der Waals surface area contributed by atoms with Crippen molar-refractivity contribution in [3.63, 3.8) is 0 Å². The maximum absolute atomic E-state index is 13.0. The highest BCUT2D eigenvalue weighted by Gasteiger charge is 2.12. The van der Waals surface area contributed by atoms with E-state index in [1.165, 1.54) is 12.1 Å². The van der Waals surface area contributed by atoms with Crippen molar-refractivity contribution in [3.8, 4) is 0 Å². The molecule has 0 aliphatic rings. The second-order valence-corrected chi connectivity index (χ2v) is 6.05. The van der Waals surface area contributed by atoms with Gasteiger partial charge >= 0.3 is 0 Å². The van der Waals surface area contributed by atoms with E-state index in [2.05, 4.69) is 0 Å². The van der Waals surface area contributed by atoms with E-state index in [0.29, 0.717) is 17.1 Å². The fourth-order valence-electron chi connectivity index (χ4n) is 1.86. The molecule has 1 aromatic rings. The molecule has 1 aromatic carbocycles. The topological polar surface area (TPSA) is 34.1 Å². The second-order valence-electron chi connectivity index (χ2n) is 4.48. The van der Waals surface area contributed by atoms with Crippen molar-refractivity contribution in [3.05, 3.63) is 30.1 Å². The summed E-state index contributed by atoms with van der Waals surface area (Å²) in [6.07, 6.45) is 2.18. The Balaban J connectivity index is 2.52. The van der Waals surface area contributed by atoms with Gasteiger partial charge < -0.3 is 4.79 Å². The predicted molar refractivity (Wildman–Crippen MR) is 71.4 cm³/mol. The quantitative estimate of drug-likeness (QED) is 0.761. The van der Waals surface area contributed by atoms with Crippen LogP contribution in [0.5, 0.6) is 0 Å². The van der Waals surface area contributed by atoms with E-state index in [9.17, 15) is 13.4 Å². The van der Waals surface area contributed by atoms with Crippen LogP contribution in [0.4, 0.5) is 4.39 Å². The first kappa shape index (κ1) is 15.0. The van der Waals surface area contributed by atoms with Crippen LogP contribution in [-0.4, -0.2) is 15.7 Å². The van der Waals surface area contributed by atoms with Gasteiger partial charge in [0.15, 0.2) is 0 Å². The fraction of sp³-hybridized carbons (Fsp3) is 0.500. The molecular weight excluding hydrogens is 251 g/mol. The van der Waals surface area contributed by atoms with Crippen molar-refractivity contribution >= 4 is 16.6 Å². The van der Waals surface area contributed by atoms with Gasteiger partial charge in [0.25, 0.3) is 0 Å². The van der Waals surface area contributed by atoms with Gasteiger partial charge in [0.1, 0.15) is 11.6 Å². The Kier molecular flexibility index (Phi) is 6.19. The summed E-state index contributed by atoms with van der Waals surface area (Å²) >= 11 is 0. The minimum atomic E-state index is -1.18. The molecule has 0 aliphatic heterocycles. The van der Waals surface area contributed by atoms with Crippen molar-refractivity contribution in [2.45, 2.75) is 38.0 Å². The van der Waals surface area contributed by atoms with Crippen LogP contribution in [-0.2, 0) is 15.6 Å². The Bertz CT molecular complexity index is 432. The lowest BCUT2D eigenvalue weighted by molar-refractivity contribution is -0.117. The molecule has 0 amide bonds. The maximum atomic E-state index is 13.0. The Morgan fingerprint density at radius 3 is 2.72 bits per heavy atom. The molecule has 2 nitrogen and oxygen atoms in total. The number of rotatable bonds is 7. The van der Waals surface area contributed by atoms with Crippen LogP contribution in [0, 0.1) is 11.7 Å². The molecule has 18 heavy (non-hydrogen) atoms. The minimum absolute atomic E-state index is 0.165. The first-order valence-corrected chi connectivity index (χ1v) is 7.48. The van der Waals surface area contributed by atoms with E-state index in [0.717, 1.165) is 12.8 Å². The van der Waals surface area contributed by atoms with Gasteiger partial charge in [-0.05, 0) is 37.5 Å². The summed E-state index contributed by atoms with van der Waals surface area (Å²) in [7, 11) is -1.18. The van der Waals surface area contributed by atoms with E-state index < -0.39 is 10.8 Å². The molecule has 0 saturated carbocycles. The molecule has 0 N–H and O–H groups in total. The highest BCUT2D eigenvalue weighted by molar-refractivity contribution is 7.85. The largest absolute Gasteiger partial charge is 0.300 e. The molecule has 0 spiro atoms. The number of hydrogen-bond acceptors (Lipinski definition) is 2. The van der Waals surface area contributed by atoms with Gasteiger partial charge in [-0.1, -0.05) is 19.4 Å². The zero-order chi connectivity index (χ0) is 13.5. The summed E-state index contributed by atoms with van der Waals surface area (Å²) in [6, 6.07) is 5.88. The van der Waals surface area contributed by atoms with Crippen molar-refractivity contribution in [2.24, 2.45) is 5.92 Å². The first-order valence-electron chi connectivity index (χ1n) is 6.16. The van der Waals surface area contributed by atoms with E-state index in [-0.39, 0.29) is 17.5 Å². The summed E-state index contributed by atoms with van der Waals surface area (Å²) < 4.78 is 24.9. The molecule has 0 radical (unpaired) electrons. The second kappa shape index (κ2) is 7.41. The van der Waals surface area contributed by atoms with Crippen LogP contribution in [0.2, 0.25) is 0 Å². The standard InChI is InChI=1S/C14H19FO2S/c1-3-12(9-11(2)16)7-8-18(17)14-6-4-5-13(15)10-14/h4-6,10,12H,3,7-9H2,1-2H3. The van der Waals surface area contributed by atoms with Gasteiger partial charge in [-0.25, -0.2) is 4.39 Å². The van der Waals surface area contributed by atoms with Crippen LogP contribution < -0.4 is 0 Å². The molecule has 0 aliphatic carbocycles.